The second-order valence-corrected chi connectivity index (χ2v) is 6.43. The molecule has 1 aliphatic carbocycles. The molecule has 1 aliphatic rings. The molecule has 0 aromatic heterocycles. The lowest BCUT2D eigenvalue weighted by molar-refractivity contribution is 0.0954. The first-order valence-electron chi connectivity index (χ1n) is 8.79. The average molecular weight is 315 g/mol. The van der Waals surface area contributed by atoms with E-state index in [4.69, 9.17) is 0 Å². The third-order valence-corrected chi connectivity index (χ3v) is 4.83. The van der Waals surface area contributed by atoms with Crippen LogP contribution in [-0.2, 0) is 0 Å². The summed E-state index contributed by atoms with van der Waals surface area (Å²) in [5.41, 5.74) is 5.67. The highest BCUT2D eigenvalue weighted by Gasteiger charge is 2.23. The minimum absolute atomic E-state index is 0.131. The first kappa shape index (κ1) is 17.5. The molecule has 1 aromatic rings. The second kappa shape index (κ2) is 8.14. The topological polar surface area (TPSA) is 44.7 Å². The zero-order valence-corrected chi connectivity index (χ0v) is 14.8. The van der Waals surface area contributed by atoms with Crippen LogP contribution in [0.1, 0.15) is 57.3 Å². The monoisotopic (exact) mass is 315 g/mol. The van der Waals surface area contributed by atoms with Crippen LogP contribution in [0.15, 0.2) is 29.4 Å². The number of nitrogens with one attached hydrogen (secondary N) is 1. The van der Waals surface area contributed by atoms with Gasteiger partial charge in [0.15, 0.2) is 0 Å². The Morgan fingerprint density at radius 1 is 1.13 bits per heavy atom. The number of rotatable bonds is 5. The Morgan fingerprint density at radius 3 is 2.22 bits per heavy atom. The summed E-state index contributed by atoms with van der Waals surface area (Å²) in [7, 11) is 0. The lowest BCUT2D eigenvalue weighted by Gasteiger charge is -2.26. The van der Waals surface area contributed by atoms with Crippen LogP contribution in [0.5, 0.6) is 0 Å². The van der Waals surface area contributed by atoms with Crippen LogP contribution in [-0.4, -0.2) is 24.7 Å². The van der Waals surface area contributed by atoms with Crippen LogP contribution >= 0.6 is 0 Å². The maximum atomic E-state index is 12.3. The summed E-state index contributed by atoms with van der Waals surface area (Å²) >= 11 is 0. The summed E-state index contributed by atoms with van der Waals surface area (Å²) in [5.74, 6) is 0.793. The largest absolute Gasteiger partial charge is 0.372 e. The van der Waals surface area contributed by atoms with Gasteiger partial charge in [-0.3, -0.25) is 4.79 Å². The number of benzene rings is 1. The molecule has 1 amide bonds. The maximum absolute atomic E-state index is 12.3. The number of amides is 1. The van der Waals surface area contributed by atoms with Crippen LogP contribution in [0, 0.1) is 11.8 Å². The van der Waals surface area contributed by atoms with Gasteiger partial charge in [-0.05, 0) is 62.8 Å². The van der Waals surface area contributed by atoms with Gasteiger partial charge in [-0.2, -0.15) is 5.10 Å². The fourth-order valence-corrected chi connectivity index (χ4v) is 3.32. The summed E-state index contributed by atoms with van der Waals surface area (Å²) in [5, 5.41) is 4.42. The summed E-state index contributed by atoms with van der Waals surface area (Å²) < 4.78 is 0. The Balaban J connectivity index is 2.03. The zero-order chi connectivity index (χ0) is 16.8. The SMILES string of the molecule is CCN(CC)c1ccc(C(=O)NN=C2[C@@H](C)CCC[C@@H]2C)cc1. The van der Waals surface area contributed by atoms with Crippen molar-refractivity contribution in [3.63, 3.8) is 0 Å². The zero-order valence-electron chi connectivity index (χ0n) is 14.8. The molecular formula is C19H29N3O. The summed E-state index contributed by atoms with van der Waals surface area (Å²) in [6, 6.07) is 7.75. The predicted molar refractivity (Wildman–Crippen MR) is 97.1 cm³/mol. The first-order chi connectivity index (χ1) is 11.1. The van der Waals surface area contributed by atoms with Crippen molar-refractivity contribution in [1.29, 1.82) is 0 Å². The third kappa shape index (κ3) is 4.34. The lowest BCUT2D eigenvalue weighted by atomic mass is 9.81. The van der Waals surface area contributed by atoms with Gasteiger partial charge in [0.1, 0.15) is 0 Å². The molecule has 0 radical (unpaired) electrons. The van der Waals surface area contributed by atoms with E-state index >= 15 is 0 Å². The van der Waals surface area contributed by atoms with E-state index in [2.05, 4.69) is 43.1 Å². The summed E-state index contributed by atoms with van der Waals surface area (Å²) in [6.45, 7) is 10.6. The van der Waals surface area contributed by atoms with Crippen LogP contribution in [0.25, 0.3) is 0 Å². The van der Waals surface area contributed by atoms with Crippen molar-refractivity contribution >= 4 is 17.3 Å². The smallest absolute Gasteiger partial charge is 0.271 e. The number of nitrogens with zero attached hydrogens (tertiary/aromatic N) is 2. The van der Waals surface area contributed by atoms with E-state index in [0.717, 1.165) is 37.3 Å². The molecular weight excluding hydrogens is 286 g/mol. The molecule has 0 unspecified atom stereocenters. The van der Waals surface area contributed by atoms with Crippen LogP contribution in [0.2, 0.25) is 0 Å². The molecule has 23 heavy (non-hydrogen) atoms. The maximum Gasteiger partial charge on any atom is 0.271 e. The minimum atomic E-state index is -0.131. The van der Waals surface area contributed by atoms with Gasteiger partial charge in [0.2, 0.25) is 0 Å². The van der Waals surface area contributed by atoms with Gasteiger partial charge in [-0.1, -0.05) is 20.3 Å². The second-order valence-electron chi connectivity index (χ2n) is 6.43. The van der Waals surface area contributed by atoms with Gasteiger partial charge < -0.3 is 4.90 Å². The van der Waals surface area contributed by atoms with Crippen LogP contribution in [0.4, 0.5) is 5.69 Å². The van der Waals surface area contributed by atoms with Crippen molar-refractivity contribution in [3.05, 3.63) is 29.8 Å². The predicted octanol–water partition coefficient (Wildman–Crippen LogP) is 4.07. The molecule has 0 bridgehead atoms. The number of hydrogen-bond donors (Lipinski definition) is 1. The van der Waals surface area contributed by atoms with E-state index in [0.29, 0.717) is 17.4 Å². The van der Waals surface area contributed by atoms with Gasteiger partial charge in [-0.15, -0.1) is 0 Å². The van der Waals surface area contributed by atoms with E-state index in [1.54, 1.807) is 0 Å². The van der Waals surface area contributed by atoms with Crippen molar-refractivity contribution in [3.8, 4) is 0 Å². The Hall–Kier alpha value is -1.84. The highest BCUT2D eigenvalue weighted by molar-refractivity contribution is 5.96. The highest BCUT2D eigenvalue weighted by Crippen LogP contribution is 2.25. The highest BCUT2D eigenvalue weighted by atomic mass is 16.2. The lowest BCUT2D eigenvalue weighted by Crippen LogP contribution is -2.29. The summed E-state index contributed by atoms with van der Waals surface area (Å²) in [6.07, 6.45) is 3.58. The molecule has 4 nitrogen and oxygen atoms in total. The molecule has 2 rings (SSSR count). The minimum Gasteiger partial charge on any atom is -0.372 e. The number of carbonyl (C=O) groups is 1. The number of hydrogen-bond acceptors (Lipinski definition) is 3. The van der Waals surface area contributed by atoms with E-state index in [1.165, 1.54) is 6.42 Å². The molecule has 1 N–H and O–H groups in total. The van der Waals surface area contributed by atoms with Crippen LogP contribution in [0.3, 0.4) is 0 Å². The van der Waals surface area contributed by atoms with E-state index < -0.39 is 0 Å². The Morgan fingerprint density at radius 2 is 1.70 bits per heavy atom. The van der Waals surface area contributed by atoms with E-state index in [-0.39, 0.29) is 5.91 Å². The standard InChI is InChI=1S/C19H29N3O/c1-5-22(6-2)17-12-10-16(11-13-17)19(23)21-20-18-14(3)8-7-9-15(18)4/h10-15H,5-9H2,1-4H3,(H,21,23)/t14-,15-/m0/s1. The molecule has 0 spiro atoms. The van der Waals surface area contributed by atoms with Crippen molar-refractivity contribution in [2.45, 2.75) is 47.0 Å². The van der Waals surface area contributed by atoms with Gasteiger partial charge >= 0.3 is 0 Å². The van der Waals surface area contributed by atoms with Crippen molar-refractivity contribution in [2.24, 2.45) is 16.9 Å². The Kier molecular flexibility index (Phi) is 6.20. The molecule has 126 valence electrons. The fourth-order valence-electron chi connectivity index (χ4n) is 3.32. The average Bonchev–Trinajstić information content (AvgIpc) is 2.56. The van der Waals surface area contributed by atoms with Crippen LogP contribution < -0.4 is 10.3 Å². The number of carbonyl (C=O) groups excluding carboxylic acids is 1. The van der Waals surface area contributed by atoms with E-state index in [9.17, 15) is 4.79 Å². The molecule has 0 heterocycles. The molecule has 4 heteroatoms. The Bertz CT molecular complexity index is 534. The molecule has 0 aliphatic heterocycles. The number of hydrazone groups is 1. The third-order valence-electron chi connectivity index (χ3n) is 4.83. The van der Waals surface area contributed by atoms with Gasteiger partial charge in [-0.25, -0.2) is 5.43 Å². The molecule has 0 saturated heterocycles. The van der Waals surface area contributed by atoms with Crippen molar-refractivity contribution in [2.75, 3.05) is 18.0 Å². The van der Waals surface area contributed by atoms with Crippen molar-refractivity contribution < 1.29 is 4.79 Å². The quantitative estimate of drug-likeness (QED) is 0.832. The molecule has 1 saturated carbocycles. The molecule has 2 atom stereocenters. The fraction of sp³-hybridized carbons (Fsp3) is 0.579. The number of anilines is 1. The first-order valence-corrected chi connectivity index (χ1v) is 8.79. The van der Waals surface area contributed by atoms with E-state index in [1.807, 2.05) is 24.3 Å². The Labute approximate surface area is 140 Å². The van der Waals surface area contributed by atoms with Gasteiger partial charge in [0.25, 0.3) is 5.91 Å². The summed E-state index contributed by atoms with van der Waals surface area (Å²) in [4.78, 5) is 14.5. The molecule has 1 aromatic carbocycles. The normalized spacial score (nSPS) is 21.0. The van der Waals surface area contributed by atoms with Crippen molar-refractivity contribution in [1.82, 2.24) is 5.43 Å². The van der Waals surface area contributed by atoms with Gasteiger partial charge in [0.05, 0.1) is 0 Å². The molecule has 1 fully saturated rings. The van der Waals surface area contributed by atoms with Gasteiger partial charge in [0, 0.05) is 30.1 Å².